The van der Waals surface area contributed by atoms with Gasteiger partial charge in [-0.15, -0.1) is 0 Å². The van der Waals surface area contributed by atoms with Crippen molar-refractivity contribution in [1.29, 1.82) is 0 Å². The smallest absolute Gasteiger partial charge is 0.103 e. The Morgan fingerprint density at radius 2 is 0.400 bits per heavy atom. The van der Waals surface area contributed by atoms with E-state index in [1.54, 1.807) is 0 Å². The number of allylic oxidation sites excluding steroid dienone is 1. The molecule has 0 aliphatic carbocycles. The highest BCUT2D eigenvalue weighted by atomic mass is 15.1. The lowest BCUT2D eigenvalue weighted by Gasteiger charge is -2.16. The van der Waals surface area contributed by atoms with Gasteiger partial charge in [-0.05, 0) is 367 Å². The molecule has 0 atom stereocenters. The minimum atomic E-state index is 0.269. The van der Waals surface area contributed by atoms with E-state index in [2.05, 4.69) is 510 Å². The molecule has 0 spiro atoms. The van der Waals surface area contributed by atoms with Gasteiger partial charge in [-0.3, -0.25) is 20.0 Å². The molecule has 18 heteroatoms. The topological polar surface area (TPSA) is 220 Å². The largest absolute Gasteiger partial charge is 0.344 e. The lowest BCUT2D eigenvalue weighted by Crippen LogP contribution is -2.13. The normalized spacial score (nSPS) is 12.5. The van der Waals surface area contributed by atoms with Crippen LogP contribution in [0.15, 0.2) is 342 Å². The molecule has 0 saturated carbocycles. The van der Waals surface area contributed by atoms with E-state index in [-0.39, 0.29) is 24.2 Å². The third kappa shape index (κ3) is 31.4. The van der Waals surface area contributed by atoms with Crippen LogP contribution in [-0.4, -0.2) is 76.7 Å². The Bertz CT molecular complexity index is 7040. The Hall–Kier alpha value is -16.2. The van der Waals surface area contributed by atoms with Crippen molar-refractivity contribution in [1.82, 2.24) is 0 Å². The van der Waals surface area contributed by atoms with Crippen LogP contribution in [0.2, 0.25) is 0 Å². The molecule has 0 saturated heterocycles. The fourth-order valence-electron chi connectivity index (χ4n) is 18.8. The molecular formula is C132H154N18. The van der Waals surface area contributed by atoms with Crippen LogP contribution in [0.1, 0.15) is 203 Å². The molecule has 9 N–H and O–H groups in total. The van der Waals surface area contributed by atoms with Gasteiger partial charge in [-0.25, -0.2) is 25.0 Å². The van der Waals surface area contributed by atoms with Crippen LogP contribution in [-0.2, 0) is 6.42 Å². The summed E-state index contributed by atoms with van der Waals surface area (Å²) in [6, 6.07) is 102. The maximum atomic E-state index is 4.96. The molecule has 0 heterocycles. The number of nitrogens with zero attached hydrogens (tertiary/aromatic N) is 9. The highest BCUT2D eigenvalue weighted by Crippen LogP contribution is 2.40. The van der Waals surface area contributed by atoms with E-state index in [1.165, 1.54) is 105 Å². The van der Waals surface area contributed by atoms with Crippen LogP contribution in [0.3, 0.4) is 0 Å². The lowest BCUT2D eigenvalue weighted by atomic mass is 9.95. The number of aliphatic imine (C=N–C) groups is 9. The van der Waals surface area contributed by atoms with Crippen molar-refractivity contribution in [3.8, 4) is 0 Å². The zero-order valence-corrected chi connectivity index (χ0v) is 93.8. The van der Waals surface area contributed by atoms with Crippen LogP contribution in [0.5, 0.6) is 0 Å². The second-order valence-corrected chi connectivity index (χ2v) is 40.2. The Labute approximate surface area is 892 Å². The minimum absolute atomic E-state index is 0.269. The van der Waals surface area contributed by atoms with Crippen molar-refractivity contribution < 1.29 is 0 Å². The molecule has 16 aromatic carbocycles. The molecule has 772 valence electrons. The summed E-state index contributed by atoms with van der Waals surface area (Å²) in [5.41, 5.74) is 32.8. The van der Waals surface area contributed by atoms with Crippen molar-refractivity contribution >= 4 is 192 Å². The van der Waals surface area contributed by atoms with Crippen LogP contribution in [0.25, 0.3) is 59.9 Å². The maximum Gasteiger partial charge on any atom is 0.103 e. The molecule has 0 amide bonds. The molecule has 0 unspecified atom stereocenters. The van der Waals surface area contributed by atoms with Gasteiger partial charge in [0, 0.05) is 96.6 Å². The lowest BCUT2D eigenvalue weighted by molar-refractivity contribution is 0.834. The van der Waals surface area contributed by atoms with Gasteiger partial charge < -0.3 is 47.9 Å². The minimum Gasteiger partial charge on any atom is -0.344 e. The van der Waals surface area contributed by atoms with Crippen molar-refractivity contribution in [3.05, 3.63) is 375 Å². The summed E-state index contributed by atoms with van der Waals surface area (Å²) in [5, 5.41) is 43.2. The summed E-state index contributed by atoms with van der Waals surface area (Å²) in [5.74, 6) is 7.94. The number of hydrogen-bond donors (Lipinski definition) is 9. The number of hydrogen-bond acceptors (Lipinski definition) is 9. The predicted molar refractivity (Wildman–Crippen MR) is 662 cm³/mol. The third-order valence-corrected chi connectivity index (χ3v) is 25.3. The Kier molecular flexibility index (Phi) is 40.1. The quantitative estimate of drug-likeness (QED) is 0.0246. The fraction of sp³-hybridized carbons (Fsp3) is 0.265. The van der Waals surface area contributed by atoms with Crippen LogP contribution in [0.4, 0.5) is 79.6 Å². The standard InChI is InChI=1S/C32H34N2.2C30H32N4.2C20H28N4/c1-21(20-30-22(2)11-9-12-23(30)3)19-28-18-17-27-15-7-8-16-29(27)32(28)34-26(6)33-31-24(4)13-10-14-25(31)5;2*1-19-11-7-12-20(2)29(19)33-23(5)31-26-17-9-15-25-16-10-18-27(28(25)26)32-24(6)34-30-21(3)13-8-14-22(30)4;2*1-13(2)21-15(5)23-18-11-7-9-17-10-8-12-19(20(17)18)24-16(6)22-14(3)4/h7-19H,20H2,1-6H3,(H,33,34);2*7-18H,1-6H3,(H,31,33)(H,32,34);2*7-14H,1-6H3,(H,21,23)(H,22,24)/b21-19+;;;;. The molecule has 0 fully saturated rings. The van der Waals surface area contributed by atoms with E-state index in [0.717, 1.165) is 171 Å². The highest BCUT2D eigenvalue weighted by Gasteiger charge is 2.19. The Morgan fingerprint density at radius 1 is 0.207 bits per heavy atom. The van der Waals surface area contributed by atoms with Crippen LogP contribution < -0.4 is 47.9 Å². The van der Waals surface area contributed by atoms with E-state index >= 15 is 0 Å². The van der Waals surface area contributed by atoms with Gasteiger partial charge in [0.25, 0.3) is 0 Å². The molecule has 0 aromatic heterocycles. The highest BCUT2D eigenvalue weighted by molar-refractivity contribution is 6.17. The summed E-state index contributed by atoms with van der Waals surface area (Å²) in [6.45, 7) is 62.3. The zero-order valence-electron chi connectivity index (χ0n) is 93.8. The first-order valence-corrected chi connectivity index (χ1v) is 52.2. The van der Waals surface area contributed by atoms with Crippen molar-refractivity contribution in [2.75, 3.05) is 47.9 Å². The number of nitrogens with one attached hydrogen (secondary N) is 9. The molecule has 16 rings (SSSR count). The molecule has 0 aliphatic rings. The number of anilines is 9. The maximum absolute atomic E-state index is 4.96. The molecule has 0 aliphatic heterocycles. The first-order valence-electron chi connectivity index (χ1n) is 52.2. The monoisotopic (exact) mass is 1990 g/mol. The number of benzene rings is 16. The van der Waals surface area contributed by atoms with Crippen molar-refractivity contribution in [3.63, 3.8) is 0 Å². The van der Waals surface area contributed by atoms with Crippen LogP contribution in [0, 0.1) is 83.1 Å². The Balaban J connectivity index is 0.000000168. The van der Waals surface area contributed by atoms with Gasteiger partial charge in [0.1, 0.15) is 29.2 Å². The molecule has 150 heavy (non-hydrogen) atoms. The number of amidine groups is 9. The van der Waals surface area contributed by atoms with Crippen LogP contribution >= 0.6 is 0 Å². The number of para-hydroxylation sites is 5. The number of fused-ring (bicyclic) bond motifs is 5. The van der Waals surface area contributed by atoms with E-state index < -0.39 is 0 Å². The summed E-state index contributed by atoms with van der Waals surface area (Å²) < 4.78 is 0. The molecule has 0 bridgehead atoms. The first-order chi connectivity index (χ1) is 71.7. The molecule has 0 radical (unpaired) electrons. The van der Waals surface area contributed by atoms with Gasteiger partial charge in [0.15, 0.2) is 0 Å². The summed E-state index contributed by atoms with van der Waals surface area (Å²) in [4.78, 5) is 42.8. The Morgan fingerprint density at radius 3 is 0.627 bits per heavy atom. The van der Waals surface area contributed by atoms with Gasteiger partial charge in [0.05, 0.1) is 57.5 Å². The predicted octanol–water partition coefficient (Wildman–Crippen LogP) is 36.3. The van der Waals surface area contributed by atoms with Gasteiger partial charge in [0.2, 0.25) is 0 Å². The summed E-state index contributed by atoms with van der Waals surface area (Å²) >= 11 is 0. The molecule has 16 aromatic rings. The molecular weight excluding hydrogens is 1840 g/mol. The third-order valence-electron chi connectivity index (χ3n) is 25.3. The van der Waals surface area contributed by atoms with Crippen molar-refractivity contribution in [2.45, 2.75) is 238 Å². The SMILES string of the molecule is CC(=NC(C)C)Nc1cccc2cccc(NC(C)=NC(C)C)c12.CC(=NC(C)C)Nc1cccc2cccc(NC(C)=NC(C)C)c12.CC(=Nc1c(C)cccc1C)Nc1c(/C=C(\C)Cc2c(C)cccc2C)ccc2ccccc12.CC(=Nc1c(C)cccc1C)Nc1cccc2cccc(NC(C)=Nc3c(C)cccc3C)c12.CC(=Nc1c(C)cccc1C)Nc1cccc2cccc(NC(C)=Nc3c(C)cccc3C)c12. The zero-order chi connectivity index (χ0) is 108. The summed E-state index contributed by atoms with van der Waals surface area (Å²) in [7, 11) is 0. The van der Waals surface area contributed by atoms with E-state index in [0.29, 0.717) is 0 Å². The van der Waals surface area contributed by atoms with E-state index in [1.807, 2.05) is 62.3 Å². The summed E-state index contributed by atoms with van der Waals surface area (Å²) in [6.07, 6.45) is 3.26. The van der Waals surface area contributed by atoms with Gasteiger partial charge in [-0.1, -0.05) is 254 Å². The van der Waals surface area contributed by atoms with E-state index in [9.17, 15) is 0 Å². The number of aryl methyl sites for hydroxylation is 12. The van der Waals surface area contributed by atoms with E-state index in [4.69, 9.17) is 25.0 Å². The second-order valence-electron chi connectivity index (χ2n) is 40.2. The average molecular weight is 1990 g/mol. The van der Waals surface area contributed by atoms with Gasteiger partial charge >= 0.3 is 0 Å². The number of rotatable bonds is 21. The molecule has 18 nitrogen and oxygen atoms in total. The first kappa shape index (κ1) is 113. The van der Waals surface area contributed by atoms with Crippen molar-refractivity contribution in [2.24, 2.45) is 44.9 Å². The fourth-order valence-corrected chi connectivity index (χ4v) is 18.8. The second kappa shape index (κ2) is 53.4. The average Bonchev–Trinajstić information content (AvgIpc) is 0.804. The van der Waals surface area contributed by atoms with Gasteiger partial charge in [-0.2, -0.15) is 0 Å².